The quantitative estimate of drug-likeness (QED) is 0.730. The topological polar surface area (TPSA) is 95.9 Å². The summed E-state index contributed by atoms with van der Waals surface area (Å²) in [7, 11) is 1.18. The van der Waals surface area contributed by atoms with Crippen LogP contribution in [0.4, 0.5) is 4.79 Å². The second-order valence-electron chi connectivity index (χ2n) is 4.96. The molecule has 0 aliphatic carbocycles. The number of methoxy groups -OCH3 is 1. The molecule has 7 nitrogen and oxygen atoms in total. The maximum absolute atomic E-state index is 12.0. The smallest absolute Gasteiger partial charge is 0.326 e. The number of rotatable bonds is 5. The first kappa shape index (κ1) is 16.3. The van der Waals surface area contributed by atoms with E-state index in [2.05, 4.69) is 17.0 Å². The van der Waals surface area contributed by atoms with E-state index >= 15 is 0 Å². The molecule has 1 aliphatic rings. The van der Waals surface area contributed by atoms with E-state index in [0.717, 1.165) is 19.3 Å². The Hall–Kier alpha value is -1.79. The van der Waals surface area contributed by atoms with Crippen molar-refractivity contribution in [3.05, 3.63) is 0 Å². The van der Waals surface area contributed by atoms with Gasteiger partial charge in [0, 0.05) is 13.1 Å². The molecule has 20 heavy (non-hydrogen) atoms. The SMILES string of the molecule is CCC1CCN(C(=O)N[C@@H](CC(=O)OC)C(=O)O)CC1. The molecule has 0 aromatic carbocycles. The van der Waals surface area contributed by atoms with Crippen molar-refractivity contribution in [3.63, 3.8) is 0 Å². The summed E-state index contributed by atoms with van der Waals surface area (Å²) in [4.78, 5) is 35.7. The van der Waals surface area contributed by atoms with Gasteiger partial charge >= 0.3 is 18.0 Å². The van der Waals surface area contributed by atoms with Crippen LogP contribution in [-0.2, 0) is 14.3 Å². The number of carboxylic acids is 1. The Labute approximate surface area is 118 Å². The predicted octanol–water partition coefficient (Wildman–Crippen LogP) is 0.834. The summed E-state index contributed by atoms with van der Waals surface area (Å²) in [6.07, 6.45) is 2.58. The lowest BCUT2D eigenvalue weighted by Crippen LogP contribution is -2.50. The molecule has 0 aromatic rings. The molecule has 0 unspecified atom stereocenters. The van der Waals surface area contributed by atoms with Gasteiger partial charge in [-0.05, 0) is 18.8 Å². The Morgan fingerprint density at radius 1 is 1.35 bits per heavy atom. The molecule has 0 bridgehead atoms. The van der Waals surface area contributed by atoms with Crippen molar-refractivity contribution in [2.75, 3.05) is 20.2 Å². The minimum atomic E-state index is -1.25. The summed E-state index contributed by atoms with van der Waals surface area (Å²) < 4.78 is 4.42. The average Bonchev–Trinajstić information content (AvgIpc) is 2.46. The monoisotopic (exact) mass is 286 g/mol. The Bertz CT molecular complexity index is 364. The number of hydrogen-bond donors (Lipinski definition) is 2. The Morgan fingerprint density at radius 2 is 1.95 bits per heavy atom. The van der Waals surface area contributed by atoms with Gasteiger partial charge in [-0.1, -0.05) is 13.3 Å². The average molecular weight is 286 g/mol. The molecular formula is C13H22N2O5. The molecule has 1 saturated heterocycles. The number of esters is 1. The van der Waals surface area contributed by atoms with E-state index in [1.165, 1.54) is 7.11 Å². The summed E-state index contributed by atoms with van der Waals surface area (Å²) in [6.45, 7) is 3.36. The number of carboxylic acid groups (broad SMARTS) is 1. The lowest BCUT2D eigenvalue weighted by atomic mass is 9.95. The molecule has 1 atom stereocenters. The molecule has 0 saturated carbocycles. The van der Waals surface area contributed by atoms with E-state index in [4.69, 9.17) is 5.11 Å². The van der Waals surface area contributed by atoms with Crippen LogP contribution < -0.4 is 5.32 Å². The highest BCUT2D eigenvalue weighted by molar-refractivity contribution is 5.86. The lowest BCUT2D eigenvalue weighted by molar-refractivity contribution is -0.147. The Kier molecular flexibility index (Phi) is 6.27. The maximum atomic E-state index is 12.0. The maximum Gasteiger partial charge on any atom is 0.326 e. The van der Waals surface area contributed by atoms with Crippen molar-refractivity contribution in [3.8, 4) is 0 Å². The van der Waals surface area contributed by atoms with Crippen molar-refractivity contribution in [2.45, 2.75) is 38.6 Å². The van der Waals surface area contributed by atoms with Crippen LogP contribution in [-0.4, -0.2) is 54.2 Å². The first-order valence-electron chi connectivity index (χ1n) is 6.83. The molecule has 1 aliphatic heterocycles. The lowest BCUT2D eigenvalue weighted by Gasteiger charge is -2.32. The zero-order valence-corrected chi connectivity index (χ0v) is 11.9. The van der Waals surface area contributed by atoms with Crippen molar-refractivity contribution in [1.82, 2.24) is 10.2 Å². The number of hydrogen-bond acceptors (Lipinski definition) is 4. The van der Waals surface area contributed by atoms with Crippen LogP contribution in [0.3, 0.4) is 0 Å². The van der Waals surface area contributed by atoms with Crippen LogP contribution in [0.15, 0.2) is 0 Å². The van der Waals surface area contributed by atoms with Crippen molar-refractivity contribution in [1.29, 1.82) is 0 Å². The number of ether oxygens (including phenoxy) is 1. The number of urea groups is 1. The minimum absolute atomic E-state index is 0.372. The van der Waals surface area contributed by atoms with Gasteiger partial charge in [0.1, 0.15) is 6.04 Å². The fourth-order valence-corrected chi connectivity index (χ4v) is 2.23. The fourth-order valence-electron chi connectivity index (χ4n) is 2.23. The van der Waals surface area contributed by atoms with Gasteiger partial charge in [-0.25, -0.2) is 9.59 Å². The number of aliphatic carboxylic acids is 1. The van der Waals surface area contributed by atoms with Crippen molar-refractivity contribution < 1.29 is 24.2 Å². The van der Waals surface area contributed by atoms with E-state index < -0.39 is 24.0 Å². The van der Waals surface area contributed by atoms with Gasteiger partial charge in [-0.15, -0.1) is 0 Å². The first-order valence-corrected chi connectivity index (χ1v) is 6.83. The van der Waals surface area contributed by atoms with Gasteiger partial charge < -0.3 is 20.1 Å². The predicted molar refractivity (Wildman–Crippen MR) is 71.2 cm³/mol. The van der Waals surface area contributed by atoms with E-state index in [1.807, 2.05) is 0 Å². The van der Waals surface area contributed by atoms with Crippen LogP contribution in [0.2, 0.25) is 0 Å². The summed E-state index contributed by atoms with van der Waals surface area (Å²) in [5.74, 6) is -1.28. The number of carbonyl (C=O) groups is 3. The van der Waals surface area contributed by atoms with E-state index in [1.54, 1.807) is 4.90 Å². The van der Waals surface area contributed by atoms with Gasteiger partial charge in [-0.3, -0.25) is 4.79 Å². The molecular weight excluding hydrogens is 264 g/mol. The highest BCUT2D eigenvalue weighted by atomic mass is 16.5. The third-order valence-corrected chi connectivity index (χ3v) is 3.67. The highest BCUT2D eigenvalue weighted by Crippen LogP contribution is 2.19. The molecule has 2 N–H and O–H groups in total. The van der Waals surface area contributed by atoms with Gasteiger partial charge in [-0.2, -0.15) is 0 Å². The fraction of sp³-hybridized carbons (Fsp3) is 0.769. The van der Waals surface area contributed by atoms with Crippen LogP contribution in [0.1, 0.15) is 32.6 Å². The van der Waals surface area contributed by atoms with E-state index in [9.17, 15) is 14.4 Å². The number of piperidine rings is 1. The summed E-state index contributed by atoms with van der Waals surface area (Å²) in [6, 6.07) is -1.69. The molecule has 1 heterocycles. The summed E-state index contributed by atoms with van der Waals surface area (Å²) >= 11 is 0. The number of likely N-dealkylation sites (tertiary alicyclic amines) is 1. The second kappa shape index (κ2) is 7.72. The van der Waals surface area contributed by atoms with Crippen LogP contribution in [0.5, 0.6) is 0 Å². The van der Waals surface area contributed by atoms with Crippen LogP contribution in [0, 0.1) is 5.92 Å². The first-order chi connectivity index (χ1) is 9.47. The van der Waals surface area contributed by atoms with Gasteiger partial charge in [0.05, 0.1) is 13.5 Å². The zero-order valence-electron chi connectivity index (χ0n) is 11.9. The molecule has 7 heteroatoms. The number of nitrogens with zero attached hydrogens (tertiary/aromatic N) is 1. The number of amides is 2. The van der Waals surface area contributed by atoms with Crippen LogP contribution >= 0.6 is 0 Å². The van der Waals surface area contributed by atoms with Gasteiger partial charge in [0.15, 0.2) is 0 Å². The molecule has 1 rings (SSSR count). The molecule has 1 fully saturated rings. The summed E-state index contributed by atoms with van der Waals surface area (Å²) in [5.41, 5.74) is 0. The second-order valence-corrected chi connectivity index (χ2v) is 4.96. The van der Waals surface area contributed by atoms with Gasteiger partial charge in [0.25, 0.3) is 0 Å². The zero-order chi connectivity index (χ0) is 15.1. The van der Waals surface area contributed by atoms with Crippen molar-refractivity contribution in [2.24, 2.45) is 5.92 Å². The normalized spacial score (nSPS) is 17.4. The largest absolute Gasteiger partial charge is 0.480 e. The molecule has 2 amide bonds. The van der Waals surface area contributed by atoms with Crippen molar-refractivity contribution >= 4 is 18.0 Å². The summed E-state index contributed by atoms with van der Waals surface area (Å²) in [5, 5.41) is 11.4. The molecule has 0 aromatic heterocycles. The molecule has 0 radical (unpaired) electrons. The highest BCUT2D eigenvalue weighted by Gasteiger charge is 2.28. The standard InChI is InChI=1S/C13H22N2O5/c1-3-9-4-6-15(7-5-9)13(19)14-10(12(17)18)8-11(16)20-2/h9-10H,3-8H2,1-2H3,(H,14,19)(H,17,18)/t10-/m0/s1. The Balaban J connectivity index is 2.50. The third-order valence-electron chi connectivity index (χ3n) is 3.67. The van der Waals surface area contributed by atoms with Gasteiger partial charge in [0.2, 0.25) is 0 Å². The molecule has 114 valence electrons. The van der Waals surface area contributed by atoms with E-state index in [-0.39, 0.29) is 6.42 Å². The molecule has 0 spiro atoms. The number of carbonyl (C=O) groups excluding carboxylic acids is 2. The van der Waals surface area contributed by atoms with E-state index in [0.29, 0.717) is 19.0 Å². The third kappa shape index (κ3) is 4.71. The minimum Gasteiger partial charge on any atom is -0.480 e. The number of nitrogens with one attached hydrogen (secondary N) is 1. The Morgan fingerprint density at radius 3 is 2.40 bits per heavy atom. The van der Waals surface area contributed by atoms with Crippen LogP contribution in [0.25, 0.3) is 0 Å².